The average Bonchev–Trinajstić information content (AvgIpc) is 2.58. The van der Waals surface area contributed by atoms with Crippen LogP contribution in [0.1, 0.15) is 37.1 Å². The van der Waals surface area contributed by atoms with Crippen molar-refractivity contribution in [1.29, 1.82) is 0 Å². The monoisotopic (exact) mass is 238 g/mol. The summed E-state index contributed by atoms with van der Waals surface area (Å²) < 4.78 is 5.60. The van der Waals surface area contributed by atoms with Crippen molar-refractivity contribution in [1.82, 2.24) is 9.88 Å². The first-order valence-electron chi connectivity index (χ1n) is 6.28. The predicted octanol–water partition coefficient (Wildman–Crippen LogP) is 1.89. The fourth-order valence-electron chi connectivity index (χ4n) is 2.49. The van der Waals surface area contributed by atoms with Crippen LogP contribution in [0, 0.1) is 19.3 Å². The van der Waals surface area contributed by atoms with Gasteiger partial charge in [-0.05, 0) is 33.2 Å². The first-order valence-corrected chi connectivity index (χ1v) is 6.28. The number of nitrogens with zero attached hydrogens (tertiary/aromatic N) is 2. The van der Waals surface area contributed by atoms with Gasteiger partial charge in [-0.1, -0.05) is 6.92 Å². The lowest BCUT2D eigenvalue weighted by molar-refractivity contribution is 0.0390. The summed E-state index contributed by atoms with van der Waals surface area (Å²) in [7, 11) is 0. The lowest BCUT2D eigenvalue weighted by Crippen LogP contribution is -2.43. The van der Waals surface area contributed by atoms with Gasteiger partial charge in [0.25, 0.3) is 0 Å². The summed E-state index contributed by atoms with van der Waals surface area (Å²) in [6, 6.07) is 0. The van der Waals surface area contributed by atoms with Crippen molar-refractivity contribution < 1.29 is 9.52 Å². The number of oxazole rings is 1. The normalized spacial score (nSPS) is 26.4. The molecule has 0 radical (unpaired) electrons. The van der Waals surface area contributed by atoms with Crippen molar-refractivity contribution in [2.24, 2.45) is 5.41 Å². The van der Waals surface area contributed by atoms with E-state index >= 15 is 0 Å². The van der Waals surface area contributed by atoms with Crippen LogP contribution in [0.4, 0.5) is 0 Å². The second kappa shape index (κ2) is 4.78. The Morgan fingerprint density at radius 1 is 1.47 bits per heavy atom. The van der Waals surface area contributed by atoms with Crippen LogP contribution in [0.2, 0.25) is 0 Å². The molecule has 1 atom stereocenters. The van der Waals surface area contributed by atoms with Gasteiger partial charge in [0.15, 0.2) is 0 Å². The van der Waals surface area contributed by atoms with Crippen LogP contribution in [0.25, 0.3) is 0 Å². The summed E-state index contributed by atoms with van der Waals surface area (Å²) in [4.78, 5) is 6.73. The molecule has 1 saturated heterocycles. The minimum Gasteiger partial charge on any atom is -0.444 e. The van der Waals surface area contributed by atoms with Gasteiger partial charge in [-0.15, -0.1) is 0 Å². The molecule has 0 aliphatic carbocycles. The zero-order chi connectivity index (χ0) is 12.5. The second-order valence-corrected chi connectivity index (χ2v) is 5.53. The molecule has 0 bridgehead atoms. The van der Waals surface area contributed by atoms with E-state index in [9.17, 15) is 5.11 Å². The average molecular weight is 238 g/mol. The maximum absolute atomic E-state index is 9.42. The Kier molecular flexibility index (Phi) is 3.54. The van der Waals surface area contributed by atoms with Gasteiger partial charge in [0.1, 0.15) is 5.76 Å². The molecule has 0 amide bonds. The topological polar surface area (TPSA) is 49.5 Å². The van der Waals surface area contributed by atoms with Crippen LogP contribution >= 0.6 is 0 Å². The molecule has 1 N–H and O–H groups in total. The molecular weight excluding hydrogens is 216 g/mol. The molecule has 1 aliphatic heterocycles. The van der Waals surface area contributed by atoms with Crippen LogP contribution in [0.3, 0.4) is 0 Å². The number of likely N-dealkylation sites (tertiary alicyclic amines) is 1. The molecule has 1 aromatic heterocycles. The number of aryl methyl sites for hydroxylation is 2. The van der Waals surface area contributed by atoms with Gasteiger partial charge in [-0.2, -0.15) is 0 Å². The van der Waals surface area contributed by atoms with Gasteiger partial charge in [0, 0.05) is 18.6 Å². The van der Waals surface area contributed by atoms with E-state index in [1.54, 1.807) is 0 Å². The van der Waals surface area contributed by atoms with Crippen molar-refractivity contribution in [3.8, 4) is 0 Å². The SMILES string of the molecule is Cc1nc(CN2CCCC(C)(CO)C2)oc1C. The first-order chi connectivity index (χ1) is 8.02. The predicted molar refractivity (Wildman–Crippen MR) is 65.7 cm³/mol. The van der Waals surface area contributed by atoms with E-state index < -0.39 is 0 Å². The molecule has 96 valence electrons. The summed E-state index contributed by atoms with van der Waals surface area (Å²) in [5.74, 6) is 1.70. The molecule has 1 unspecified atom stereocenters. The van der Waals surface area contributed by atoms with Gasteiger partial charge in [-0.3, -0.25) is 4.90 Å². The lowest BCUT2D eigenvalue weighted by Gasteiger charge is -2.38. The highest BCUT2D eigenvalue weighted by molar-refractivity contribution is 5.05. The van der Waals surface area contributed by atoms with Crippen molar-refractivity contribution in [2.45, 2.75) is 40.2 Å². The van der Waals surface area contributed by atoms with Crippen molar-refractivity contribution in [3.05, 3.63) is 17.3 Å². The molecule has 0 spiro atoms. The maximum atomic E-state index is 9.42. The van der Waals surface area contributed by atoms with E-state index in [-0.39, 0.29) is 12.0 Å². The Morgan fingerprint density at radius 2 is 2.24 bits per heavy atom. The summed E-state index contributed by atoms with van der Waals surface area (Å²) >= 11 is 0. The smallest absolute Gasteiger partial charge is 0.208 e. The molecule has 4 nitrogen and oxygen atoms in total. The Hall–Kier alpha value is -0.870. The molecule has 2 rings (SSSR count). The van der Waals surface area contributed by atoms with Gasteiger partial charge < -0.3 is 9.52 Å². The fraction of sp³-hybridized carbons (Fsp3) is 0.769. The van der Waals surface area contributed by atoms with Crippen molar-refractivity contribution >= 4 is 0 Å². The standard InChI is InChI=1S/C13H22N2O2/c1-10-11(2)17-12(14-10)7-15-6-4-5-13(3,8-15)9-16/h16H,4-9H2,1-3H3. The molecule has 2 heterocycles. The largest absolute Gasteiger partial charge is 0.444 e. The summed E-state index contributed by atoms with van der Waals surface area (Å²) in [5, 5.41) is 9.42. The number of aliphatic hydroxyl groups is 1. The van der Waals surface area contributed by atoms with E-state index in [4.69, 9.17) is 4.42 Å². The van der Waals surface area contributed by atoms with Crippen LogP contribution < -0.4 is 0 Å². The third-order valence-corrected chi connectivity index (χ3v) is 3.67. The highest BCUT2D eigenvalue weighted by Gasteiger charge is 2.30. The number of piperidine rings is 1. The van der Waals surface area contributed by atoms with Gasteiger partial charge in [-0.25, -0.2) is 4.98 Å². The van der Waals surface area contributed by atoms with Gasteiger partial charge >= 0.3 is 0 Å². The third kappa shape index (κ3) is 2.87. The second-order valence-electron chi connectivity index (χ2n) is 5.53. The molecule has 0 saturated carbocycles. The molecular formula is C13H22N2O2. The third-order valence-electron chi connectivity index (χ3n) is 3.67. The number of hydrogen-bond donors (Lipinski definition) is 1. The van der Waals surface area contributed by atoms with Crippen LogP contribution in [0.5, 0.6) is 0 Å². The Morgan fingerprint density at radius 3 is 2.82 bits per heavy atom. The molecule has 1 aromatic rings. The summed E-state index contributed by atoms with van der Waals surface area (Å²) in [5.41, 5.74) is 1.01. The van der Waals surface area contributed by atoms with Crippen LogP contribution in [0.15, 0.2) is 4.42 Å². The molecule has 17 heavy (non-hydrogen) atoms. The zero-order valence-corrected chi connectivity index (χ0v) is 11.0. The molecule has 1 fully saturated rings. The van der Waals surface area contributed by atoms with Gasteiger partial charge in [0.2, 0.25) is 5.89 Å². The highest BCUT2D eigenvalue weighted by atomic mass is 16.4. The van der Waals surface area contributed by atoms with E-state index in [1.165, 1.54) is 0 Å². The molecule has 4 heteroatoms. The van der Waals surface area contributed by atoms with E-state index in [0.717, 1.165) is 49.8 Å². The maximum Gasteiger partial charge on any atom is 0.208 e. The summed E-state index contributed by atoms with van der Waals surface area (Å²) in [6.45, 7) is 9.05. The lowest BCUT2D eigenvalue weighted by atomic mass is 9.83. The number of aliphatic hydroxyl groups excluding tert-OH is 1. The van der Waals surface area contributed by atoms with Crippen molar-refractivity contribution in [3.63, 3.8) is 0 Å². The van der Waals surface area contributed by atoms with E-state index in [0.29, 0.717) is 0 Å². The van der Waals surface area contributed by atoms with Gasteiger partial charge in [0.05, 0.1) is 12.2 Å². The Labute approximate surface area is 103 Å². The minimum atomic E-state index is 0.0366. The Bertz CT molecular complexity index is 369. The fourth-order valence-corrected chi connectivity index (χ4v) is 2.49. The Balaban J connectivity index is 1.99. The summed E-state index contributed by atoms with van der Waals surface area (Å²) in [6.07, 6.45) is 2.24. The first kappa shape index (κ1) is 12.6. The number of rotatable bonds is 3. The van der Waals surface area contributed by atoms with E-state index in [2.05, 4.69) is 16.8 Å². The number of aromatic nitrogens is 1. The highest BCUT2D eigenvalue weighted by Crippen LogP contribution is 2.29. The minimum absolute atomic E-state index is 0.0366. The van der Waals surface area contributed by atoms with Crippen molar-refractivity contribution in [2.75, 3.05) is 19.7 Å². The van der Waals surface area contributed by atoms with Crippen LogP contribution in [-0.4, -0.2) is 34.7 Å². The molecule has 1 aliphatic rings. The quantitative estimate of drug-likeness (QED) is 0.873. The number of hydrogen-bond acceptors (Lipinski definition) is 4. The van der Waals surface area contributed by atoms with Crippen LogP contribution in [-0.2, 0) is 6.54 Å². The zero-order valence-electron chi connectivity index (χ0n) is 11.0. The van der Waals surface area contributed by atoms with E-state index in [1.807, 2.05) is 13.8 Å². The molecule has 0 aromatic carbocycles.